The van der Waals surface area contributed by atoms with Crippen LogP contribution >= 0.6 is 0 Å². The first kappa shape index (κ1) is 15.4. The van der Waals surface area contributed by atoms with Crippen molar-refractivity contribution in [1.29, 1.82) is 5.26 Å². The van der Waals surface area contributed by atoms with Crippen molar-refractivity contribution in [3.05, 3.63) is 48.2 Å². The van der Waals surface area contributed by atoms with Crippen LogP contribution < -0.4 is 4.90 Å². The van der Waals surface area contributed by atoms with Crippen LogP contribution in [0.5, 0.6) is 0 Å². The van der Waals surface area contributed by atoms with E-state index >= 15 is 0 Å². The minimum absolute atomic E-state index is 0.394. The number of furan rings is 1. The third kappa shape index (κ3) is 3.22. The number of rotatable bonds is 4. The molecule has 1 saturated heterocycles. The standard InChI is InChI=1S/C17H16N6O2/c18-11-13-3-1-5-19-16(13)23-8-6-22(7-9-23)12-15-20-21-17(25-15)14-4-2-10-24-14/h1-5,10H,6-9,12H2. The minimum Gasteiger partial charge on any atom is -0.459 e. The molecule has 0 saturated carbocycles. The van der Waals surface area contributed by atoms with Gasteiger partial charge in [-0.1, -0.05) is 0 Å². The molecular formula is C17H16N6O2. The molecule has 1 aliphatic heterocycles. The highest BCUT2D eigenvalue weighted by Gasteiger charge is 2.22. The fourth-order valence-electron chi connectivity index (χ4n) is 2.86. The van der Waals surface area contributed by atoms with Gasteiger partial charge in [-0.05, 0) is 24.3 Å². The molecule has 0 bridgehead atoms. The molecule has 0 aliphatic carbocycles. The smallest absolute Gasteiger partial charge is 0.283 e. The van der Waals surface area contributed by atoms with Crippen LogP contribution in [0.1, 0.15) is 11.5 Å². The largest absolute Gasteiger partial charge is 0.459 e. The predicted octanol–water partition coefficient (Wildman–Crippen LogP) is 1.92. The maximum atomic E-state index is 9.21. The molecule has 0 spiro atoms. The molecule has 8 nitrogen and oxygen atoms in total. The van der Waals surface area contributed by atoms with Crippen molar-refractivity contribution in [3.8, 4) is 17.7 Å². The summed E-state index contributed by atoms with van der Waals surface area (Å²) in [4.78, 5) is 8.72. The lowest BCUT2D eigenvalue weighted by Gasteiger charge is -2.34. The fourth-order valence-corrected chi connectivity index (χ4v) is 2.86. The number of pyridine rings is 1. The zero-order valence-electron chi connectivity index (χ0n) is 13.5. The Labute approximate surface area is 144 Å². The van der Waals surface area contributed by atoms with Crippen molar-refractivity contribution in [1.82, 2.24) is 20.1 Å². The van der Waals surface area contributed by atoms with Gasteiger partial charge < -0.3 is 13.7 Å². The van der Waals surface area contributed by atoms with E-state index in [0.29, 0.717) is 29.6 Å². The van der Waals surface area contributed by atoms with Crippen LogP contribution in [0.3, 0.4) is 0 Å². The Morgan fingerprint density at radius 2 is 2.00 bits per heavy atom. The number of hydrogen-bond donors (Lipinski definition) is 0. The van der Waals surface area contributed by atoms with Gasteiger partial charge in [-0.15, -0.1) is 10.2 Å². The Morgan fingerprint density at radius 3 is 2.76 bits per heavy atom. The molecule has 0 amide bonds. The summed E-state index contributed by atoms with van der Waals surface area (Å²) in [6.45, 7) is 3.85. The Morgan fingerprint density at radius 1 is 1.12 bits per heavy atom. The normalized spacial score (nSPS) is 15.2. The SMILES string of the molecule is N#Cc1cccnc1N1CCN(Cc2nnc(-c3ccco3)o2)CC1. The van der Waals surface area contributed by atoms with E-state index in [4.69, 9.17) is 8.83 Å². The van der Waals surface area contributed by atoms with Crippen LogP contribution in [0.4, 0.5) is 5.82 Å². The summed E-state index contributed by atoms with van der Waals surface area (Å²) in [6.07, 6.45) is 3.29. The summed E-state index contributed by atoms with van der Waals surface area (Å²) < 4.78 is 10.9. The highest BCUT2D eigenvalue weighted by atomic mass is 16.4. The fraction of sp³-hybridized carbons (Fsp3) is 0.294. The van der Waals surface area contributed by atoms with Crippen LogP contribution in [0.25, 0.3) is 11.7 Å². The number of anilines is 1. The Bertz CT molecular complexity index is 875. The third-order valence-corrected chi connectivity index (χ3v) is 4.14. The molecule has 4 rings (SSSR count). The third-order valence-electron chi connectivity index (χ3n) is 4.14. The Hall–Kier alpha value is -3.18. The van der Waals surface area contributed by atoms with E-state index in [1.54, 1.807) is 36.7 Å². The van der Waals surface area contributed by atoms with Gasteiger partial charge in [0, 0.05) is 32.4 Å². The van der Waals surface area contributed by atoms with E-state index in [1.807, 2.05) is 0 Å². The number of nitrogens with zero attached hydrogens (tertiary/aromatic N) is 6. The van der Waals surface area contributed by atoms with Gasteiger partial charge >= 0.3 is 0 Å². The number of piperazine rings is 1. The van der Waals surface area contributed by atoms with Crippen LogP contribution in [0.2, 0.25) is 0 Å². The van der Waals surface area contributed by atoms with Crippen LogP contribution in [0, 0.1) is 11.3 Å². The summed E-state index contributed by atoms with van der Waals surface area (Å²) in [6, 6.07) is 9.35. The van der Waals surface area contributed by atoms with Crippen molar-refractivity contribution < 1.29 is 8.83 Å². The molecule has 8 heteroatoms. The molecule has 0 unspecified atom stereocenters. The molecule has 25 heavy (non-hydrogen) atoms. The topological polar surface area (TPSA) is 95.2 Å². The zero-order valence-corrected chi connectivity index (χ0v) is 13.5. The van der Waals surface area contributed by atoms with Crippen molar-refractivity contribution in [2.24, 2.45) is 0 Å². The lowest BCUT2D eigenvalue weighted by molar-refractivity contribution is 0.226. The average Bonchev–Trinajstić information content (AvgIpc) is 3.34. The van der Waals surface area contributed by atoms with Gasteiger partial charge in [0.15, 0.2) is 5.76 Å². The van der Waals surface area contributed by atoms with E-state index in [9.17, 15) is 5.26 Å². The molecule has 0 atom stereocenters. The van der Waals surface area contributed by atoms with Crippen molar-refractivity contribution >= 4 is 5.82 Å². The molecule has 1 aliphatic rings. The molecule has 4 heterocycles. The number of aromatic nitrogens is 3. The molecular weight excluding hydrogens is 320 g/mol. The minimum atomic E-state index is 0.394. The Kier molecular flexibility index (Phi) is 4.14. The van der Waals surface area contributed by atoms with E-state index < -0.39 is 0 Å². The van der Waals surface area contributed by atoms with Crippen LogP contribution in [0.15, 0.2) is 45.6 Å². The van der Waals surface area contributed by atoms with Gasteiger partial charge in [0.2, 0.25) is 5.89 Å². The summed E-state index contributed by atoms with van der Waals surface area (Å²) in [5, 5.41) is 17.3. The first-order valence-corrected chi connectivity index (χ1v) is 8.02. The highest BCUT2D eigenvalue weighted by Crippen LogP contribution is 2.20. The van der Waals surface area contributed by atoms with E-state index in [-0.39, 0.29) is 0 Å². The quantitative estimate of drug-likeness (QED) is 0.713. The second kappa shape index (κ2) is 6.75. The highest BCUT2D eigenvalue weighted by molar-refractivity contribution is 5.53. The molecule has 126 valence electrons. The van der Waals surface area contributed by atoms with Crippen molar-refractivity contribution in [3.63, 3.8) is 0 Å². The molecule has 1 fully saturated rings. The van der Waals surface area contributed by atoms with Gasteiger partial charge in [-0.3, -0.25) is 4.90 Å². The molecule has 3 aromatic rings. The molecule has 0 radical (unpaired) electrons. The summed E-state index contributed by atoms with van der Waals surface area (Å²) in [5.41, 5.74) is 0.607. The van der Waals surface area contributed by atoms with E-state index in [0.717, 1.165) is 32.0 Å². The monoisotopic (exact) mass is 336 g/mol. The Balaban J connectivity index is 1.37. The second-order valence-electron chi connectivity index (χ2n) is 5.73. The summed E-state index contributed by atoms with van der Waals surface area (Å²) >= 11 is 0. The maximum absolute atomic E-state index is 9.21. The van der Waals surface area contributed by atoms with Crippen LogP contribution in [-0.4, -0.2) is 46.3 Å². The van der Waals surface area contributed by atoms with Gasteiger partial charge in [0.05, 0.1) is 18.4 Å². The zero-order chi connectivity index (χ0) is 17.1. The van der Waals surface area contributed by atoms with Gasteiger partial charge in [0.25, 0.3) is 5.89 Å². The predicted molar refractivity (Wildman–Crippen MR) is 88.4 cm³/mol. The number of hydrogen-bond acceptors (Lipinski definition) is 8. The van der Waals surface area contributed by atoms with Crippen LogP contribution in [-0.2, 0) is 6.54 Å². The number of nitriles is 1. The van der Waals surface area contributed by atoms with E-state index in [1.165, 1.54) is 0 Å². The maximum Gasteiger partial charge on any atom is 0.283 e. The lowest BCUT2D eigenvalue weighted by Crippen LogP contribution is -2.46. The van der Waals surface area contributed by atoms with E-state index in [2.05, 4.69) is 31.1 Å². The first-order valence-electron chi connectivity index (χ1n) is 8.02. The second-order valence-corrected chi connectivity index (χ2v) is 5.73. The first-order chi connectivity index (χ1) is 12.3. The summed E-state index contributed by atoms with van der Waals surface area (Å²) in [7, 11) is 0. The molecule has 0 aromatic carbocycles. The van der Waals surface area contributed by atoms with Gasteiger partial charge in [-0.25, -0.2) is 4.98 Å². The van der Waals surface area contributed by atoms with Gasteiger partial charge in [-0.2, -0.15) is 5.26 Å². The molecule has 0 N–H and O–H groups in total. The van der Waals surface area contributed by atoms with Crippen molar-refractivity contribution in [2.75, 3.05) is 31.1 Å². The average molecular weight is 336 g/mol. The lowest BCUT2D eigenvalue weighted by atomic mass is 10.2. The molecule has 3 aromatic heterocycles. The van der Waals surface area contributed by atoms with Crippen molar-refractivity contribution in [2.45, 2.75) is 6.54 Å². The van der Waals surface area contributed by atoms with Gasteiger partial charge in [0.1, 0.15) is 11.9 Å². The summed E-state index contributed by atoms with van der Waals surface area (Å²) in [5.74, 6) is 2.28.